The lowest BCUT2D eigenvalue weighted by atomic mass is 9.90. The van der Waals surface area contributed by atoms with Crippen LogP contribution in [0.3, 0.4) is 0 Å². The predicted molar refractivity (Wildman–Crippen MR) is 75.3 cm³/mol. The van der Waals surface area contributed by atoms with Crippen LogP contribution in [0, 0.1) is 5.92 Å². The van der Waals surface area contributed by atoms with Gasteiger partial charge in [0.1, 0.15) is 17.1 Å². The van der Waals surface area contributed by atoms with Crippen LogP contribution in [-0.4, -0.2) is 38.4 Å². The minimum absolute atomic E-state index is 0.109. The largest absolute Gasteiger partial charge is 0.507 e. The highest BCUT2D eigenvalue weighted by Gasteiger charge is 2.20. The topological polar surface area (TPSA) is 67.8 Å². The number of methoxy groups -OCH3 is 2. The highest BCUT2D eigenvalue weighted by molar-refractivity contribution is 5.92. The third kappa shape index (κ3) is 3.22. The number of piperidine rings is 1. The van der Waals surface area contributed by atoms with E-state index in [1.165, 1.54) is 13.2 Å². The number of benzene rings is 1. The van der Waals surface area contributed by atoms with E-state index in [0.29, 0.717) is 11.7 Å². The summed E-state index contributed by atoms with van der Waals surface area (Å²) in [6.07, 6.45) is 3.06. The van der Waals surface area contributed by atoms with Crippen LogP contribution < -0.4 is 10.1 Å². The van der Waals surface area contributed by atoms with E-state index < -0.39 is 5.97 Å². The second-order valence-corrected chi connectivity index (χ2v) is 5.07. The molecule has 0 spiro atoms. The molecule has 1 fully saturated rings. The molecule has 0 atom stereocenters. The molecule has 0 amide bonds. The fraction of sp³-hybridized carbons (Fsp3) is 0.533. The van der Waals surface area contributed by atoms with E-state index in [1.807, 2.05) is 0 Å². The molecule has 1 aromatic carbocycles. The van der Waals surface area contributed by atoms with E-state index in [0.717, 1.165) is 37.9 Å². The number of ether oxygens (including phenoxy) is 2. The SMILES string of the molecule is COC(=O)c1cc(CC2CCNCC2)c(OC)cc1O. The van der Waals surface area contributed by atoms with Gasteiger partial charge in [0.25, 0.3) is 0 Å². The van der Waals surface area contributed by atoms with Gasteiger partial charge in [-0.1, -0.05) is 0 Å². The third-order valence-electron chi connectivity index (χ3n) is 3.77. The molecule has 5 nitrogen and oxygen atoms in total. The second kappa shape index (κ2) is 6.61. The molecule has 0 radical (unpaired) electrons. The average molecular weight is 279 g/mol. The molecule has 0 aromatic heterocycles. The Morgan fingerprint density at radius 3 is 2.65 bits per heavy atom. The molecule has 1 heterocycles. The molecule has 0 unspecified atom stereocenters. The van der Waals surface area contributed by atoms with Crippen molar-refractivity contribution in [3.63, 3.8) is 0 Å². The van der Waals surface area contributed by atoms with Gasteiger partial charge in [0.2, 0.25) is 0 Å². The molecular weight excluding hydrogens is 258 g/mol. The van der Waals surface area contributed by atoms with E-state index in [4.69, 9.17) is 4.74 Å². The first-order valence-corrected chi connectivity index (χ1v) is 6.84. The van der Waals surface area contributed by atoms with E-state index in [2.05, 4.69) is 10.1 Å². The van der Waals surface area contributed by atoms with E-state index in [1.54, 1.807) is 13.2 Å². The third-order valence-corrected chi connectivity index (χ3v) is 3.77. The van der Waals surface area contributed by atoms with Crippen LogP contribution in [-0.2, 0) is 11.2 Å². The van der Waals surface area contributed by atoms with Crippen molar-refractivity contribution in [1.29, 1.82) is 0 Å². The number of carbonyl (C=O) groups is 1. The van der Waals surface area contributed by atoms with Crippen molar-refractivity contribution in [2.24, 2.45) is 5.92 Å². The number of phenols is 1. The number of hydrogen-bond donors (Lipinski definition) is 2. The Balaban J connectivity index is 2.26. The molecule has 110 valence electrons. The van der Waals surface area contributed by atoms with Crippen LogP contribution in [0.15, 0.2) is 12.1 Å². The highest BCUT2D eigenvalue weighted by atomic mass is 16.5. The molecular formula is C15H21NO4. The lowest BCUT2D eigenvalue weighted by Crippen LogP contribution is -2.28. The van der Waals surface area contributed by atoms with Crippen LogP contribution in [0.25, 0.3) is 0 Å². The summed E-state index contributed by atoms with van der Waals surface area (Å²) in [4.78, 5) is 11.6. The lowest BCUT2D eigenvalue weighted by molar-refractivity contribution is 0.0597. The smallest absolute Gasteiger partial charge is 0.341 e. The number of nitrogens with one attached hydrogen (secondary N) is 1. The fourth-order valence-electron chi connectivity index (χ4n) is 2.63. The Bertz CT molecular complexity index is 481. The normalized spacial score (nSPS) is 15.9. The van der Waals surface area contributed by atoms with Crippen molar-refractivity contribution < 1.29 is 19.4 Å². The minimum atomic E-state index is -0.531. The van der Waals surface area contributed by atoms with Crippen molar-refractivity contribution in [1.82, 2.24) is 5.32 Å². The van der Waals surface area contributed by atoms with E-state index in [9.17, 15) is 9.90 Å². The molecule has 2 N–H and O–H groups in total. The van der Waals surface area contributed by atoms with Crippen LogP contribution in [0.1, 0.15) is 28.8 Å². The second-order valence-electron chi connectivity index (χ2n) is 5.07. The number of carbonyl (C=O) groups excluding carboxylic acids is 1. The summed E-state index contributed by atoms with van der Waals surface area (Å²) in [6.45, 7) is 2.05. The van der Waals surface area contributed by atoms with Crippen LogP contribution in [0.5, 0.6) is 11.5 Å². The van der Waals surface area contributed by atoms with Crippen LogP contribution >= 0.6 is 0 Å². The van der Waals surface area contributed by atoms with Gasteiger partial charge in [-0.05, 0) is 49.9 Å². The Hall–Kier alpha value is -1.75. The molecule has 0 saturated carbocycles. The zero-order chi connectivity index (χ0) is 14.5. The maximum atomic E-state index is 11.6. The van der Waals surface area contributed by atoms with Gasteiger partial charge < -0.3 is 19.9 Å². The van der Waals surface area contributed by atoms with Gasteiger partial charge in [0.15, 0.2) is 0 Å². The molecule has 1 aliphatic rings. The predicted octanol–water partition coefficient (Wildman–Crippen LogP) is 1.73. The lowest BCUT2D eigenvalue weighted by Gasteiger charge is -2.23. The first kappa shape index (κ1) is 14.7. The summed E-state index contributed by atoms with van der Waals surface area (Å²) in [5.41, 5.74) is 1.13. The highest BCUT2D eigenvalue weighted by Crippen LogP contribution is 2.31. The summed E-state index contributed by atoms with van der Waals surface area (Å²) in [5.74, 6) is 0.549. The number of phenolic OH excluding ortho intramolecular Hbond substituents is 1. The minimum Gasteiger partial charge on any atom is -0.507 e. The van der Waals surface area contributed by atoms with Crippen molar-refractivity contribution in [2.45, 2.75) is 19.3 Å². The van der Waals surface area contributed by atoms with E-state index in [-0.39, 0.29) is 11.3 Å². The Kier molecular flexibility index (Phi) is 4.84. The van der Waals surface area contributed by atoms with E-state index >= 15 is 0 Å². The van der Waals surface area contributed by atoms with Gasteiger partial charge >= 0.3 is 5.97 Å². The summed E-state index contributed by atoms with van der Waals surface area (Å²) in [7, 11) is 2.87. The van der Waals surface area contributed by atoms with Crippen molar-refractivity contribution in [2.75, 3.05) is 27.3 Å². The maximum Gasteiger partial charge on any atom is 0.341 e. The number of aromatic hydroxyl groups is 1. The van der Waals surface area contributed by atoms with Gasteiger partial charge in [-0.25, -0.2) is 4.79 Å². The number of rotatable bonds is 4. The number of hydrogen-bond acceptors (Lipinski definition) is 5. The first-order chi connectivity index (χ1) is 9.65. The number of esters is 1. The summed E-state index contributed by atoms with van der Waals surface area (Å²) >= 11 is 0. The quantitative estimate of drug-likeness (QED) is 0.822. The maximum absolute atomic E-state index is 11.6. The fourth-order valence-corrected chi connectivity index (χ4v) is 2.63. The molecule has 1 aromatic rings. The van der Waals surface area contributed by atoms with Crippen molar-refractivity contribution in [3.8, 4) is 11.5 Å². The van der Waals surface area contributed by atoms with Crippen LogP contribution in [0.2, 0.25) is 0 Å². The monoisotopic (exact) mass is 279 g/mol. The summed E-state index contributed by atoms with van der Waals surface area (Å²) < 4.78 is 9.99. The molecule has 2 rings (SSSR count). The zero-order valence-electron chi connectivity index (χ0n) is 11.9. The van der Waals surface area contributed by atoms with Crippen molar-refractivity contribution >= 4 is 5.97 Å². The molecule has 0 aliphatic carbocycles. The molecule has 5 heteroatoms. The molecule has 1 saturated heterocycles. The van der Waals surface area contributed by atoms with Gasteiger partial charge in [-0.15, -0.1) is 0 Å². The standard InChI is InChI=1S/C15H21NO4/c1-19-14-9-13(17)12(15(18)20-2)8-11(14)7-10-3-5-16-6-4-10/h8-10,16-17H,3-7H2,1-2H3. The Labute approximate surface area is 118 Å². The summed E-state index contributed by atoms with van der Waals surface area (Å²) in [5, 5.41) is 13.2. The average Bonchev–Trinajstić information content (AvgIpc) is 2.49. The van der Waals surface area contributed by atoms with Gasteiger partial charge in [-0.3, -0.25) is 0 Å². The molecule has 20 heavy (non-hydrogen) atoms. The van der Waals surface area contributed by atoms with Gasteiger partial charge in [0.05, 0.1) is 14.2 Å². The molecule has 0 bridgehead atoms. The zero-order valence-corrected chi connectivity index (χ0v) is 11.9. The Morgan fingerprint density at radius 1 is 1.35 bits per heavy atom. The first-order valence-electron chi connectivity index (χ1n) is 6.84. The van der Waals surface area contributed by atoms with Crippen molar-refractivity contribution in [3.05, 3.63) is 23.3 Å². The Morgan fingerprint density at radius 2 is 2.05 bits per heavy atom. The molecule has 1 aliphatic heterocycles. The van der Waals surface area contributed by atoms with Crippen LogP contribution in [0.4, 0.5) is 0 Å². The van der Waals surface area contributed by atoms with Gasteiger partial charge in [-0.2, -0.15) is 0 Å². The summed E-state index contributed by atoms with van der Waals surface area (Å²) in [6, 6.07) is 3.17. The van der Waals surface area contributed by atoms with Gasteiger partial charge in [0, 0.05) is 6.07 Å².